The molecule has 0 aliphatic carbocycles. The van der Waals surface area contributed by atoms with Crippen LogP contribution in [0, 0.1) is 5.82 Å². The average Bonchev–Trinajstić information content (AvgIpc) is 2.60. The number of hydrogen-bond donors (Lipinski definition) is 2. The van der Waals surface area contributed by atoms with Gasteiger partial charge in [-0.15, -0.1) is 0 Å². The minimum absolute atomic E-state index is 0.231. The normalized spacial score (nSPS) is 13.9. The van der Waals surface area contributed by atoms with Crippen LogP contribution in [-0.4, -0.2) is 25.0 Å². The maximum absolute atomic E-state index is 13.4. The Bertz CT molecular complexity index is 966. The molecule has 1 saturated heterocycles. The van der Waals surface area contributed by atoms with Crippen molar-refractivity contribution < 1.29 is 23.5 Å². The molecule has 138 valence electrons. The van der Waals surface area contributed by atoms with Crippen molar-refractivity contribution >= 4 is 35.5 Å². The van der Waals surface area contributed by atoms with Crippen LogP contribution in [0.25, 0.3) is 6.08 Å². The largest absolute Gasteiger partial charge is 0.496 e. The Morgan fingerprint density at radius 2 is 1.81 bits per heavy atom. The Balaban J connectivity index is 1.97. The number of carbonyl (C=O) groups excluding carboxylic acids is 3. The molecule has 0 unspecified atom stereocenters. The van der Waals surface area contributed by atoms with Gasteiger partial charge in [0.05, 0.1) is 7.11 Å². The molecule has 6 nitrogen and oxygen atoms in total. The summed E-state index contributed by atoms with van der Waals surface area (Å²) in [6.07, 6.45) is 1.64. The zero-order valence-electron chi connectivity index (χ0n) is 14.1. The minimum atomic E-state index is -0.872. The predicted octanol–water partition coefficient (Wildman–Crippen LogP) is 2.83. The SMILES string of the molecule is COc1cc(C=C2C(=O)NC(=O)NC2=O)cc(Cl)c1Cc1cccc(F)c1. The Hall–Kier alpha value is -3.19. The molecule has 0 bridgehead atoms. The minimum Gasteiger partial charge on any atom is -0.496 e. The van der Waals surface area contributed by atoms with E-state index in [1.54, 1.807) is 24.3 Å². The quantitative estimate of drug-likeness (QED) is 0.623. The highest BCUT2D eigenvalue weighted by molar-refractivity contribution is 6.32. The molecule has 1 aliphatic rings. The van der Waals surface area contributed by atoms with Gasteiger partial charge < -0.3 is 4.74 Å². The van der Waals surface area contributed by atoms with Crippen LogP contribution in [0.5, 0.6) is 5.75 Å². The monoisotopic (exact) mass is 388 g/mol. The summed E-state index contributed by atoms with van der Waals surface area (Å²) in [7, 11) is 1.45. The van der Waals surface area contributed by atoms with Crippen LogP contribution in [0.2, 0.25) is 5.02 Å². The Kier molecular flexibility index (Phi) is 5.23. The van der Waals surface area contributed by atoms with Gasteiger partial charge in [-0.1, -0.05) is 23.7 Å². The fraction of sp³-hybridized carbons (Fsp3) is 0.105. The average molecular weight is 389 g/mol. The number of rotatable bonds is 4. The fourth-order valence-corrected chi connectivity index (χ4v) is 2.98. The van der Waals surface area contributed by atoms with E-state index in [1.807, 2.05) is 10.6 Å². The topological polar surface area (TPSA) is 84.5 Å². The van der Waals surface area contributed by atoms with Gasteiger partial charge in [0.2, 0.25) is 0 Å². The Morgan fingerprint density at radius 1 is 1.11 bits per heavy atom. The first-order valence-corrected chi connectivity index (χ1v) is 8.24. The van der Waals surface area contributed by atoms with Gasteiger partial charge in [-0.05, 0) is 41.5 Å². The molecule has 8 heteroatoms. The molecule has 0 radical (unpaired) electrons. The molecule has 3 rings (SSSR count). The molecule has 4 amide bonds. The second-order valence-corrected chi connectivity index (χ2v) is 6.19. The van der Waals surface area contributed by atoms with Gasteiger partial charge >= 0.3 is 6.03 Å². The second-order valence-electron chi connectivity index (χ2n) is 5.79. The maximum Gasteiger partial charge on any atom is 0.328 e. The number of benzene rings is 2. The first-order chi connectivity index (χ1) is 12.9. The van der Waals surface area contributed by atoms with Crippen LogP contribution in [0.4, 0.5) is 9.18 Å². The lowest BCUT2D eigenvalue weighted by Gasteiger charge is -2.15. The number of imide groups is 2. The van der Waals surface area contributed by atoms with E-state index in [0.717, 1.165) is 0 Å². The number of urea groups is 1. The molecule has 2 aromatic carbocycles. The summed E-state index contributed by atoms with van der Waals surface area (Å²) < 4.78 is 18.8. The van der Waals surface area contributed by atoms with E-state index in [-0.39, 0.29) is 11.4 Å². The number of barbiturate groups is 1. The van der Waals surface area contributed by atoms with Crippen LogP contribution < -0.4 is 15.4 Å². The summed E-state index contributed by atoms with van der Waals surface area (Å²) in [5, 5.41) is 4.32. The summed E-state index contributed by atoms with van der Waals surface area (Å²) >= 11 is 6.36. The summed E-state index contributed by atoms with van der Waals surface area (Å²) in [6.45, 7) is 0. The van der Waals surface area contributed by atoms with Crippen molar-refractivity contribution in [3.05, 3.63) is 69.5 Å². The van der Waals surface area contributed by atoms with Crippen LogP contribution in [-0.2, 0) is 16.0 Å². The molecule has 1 aliphatic heterocycles. The van der Waals surface area contributed by atoms with Crippen molar-refractivity contribution in [2.24, 2.45) is 0 Å². The second kappa shape index (κ2) is 7.59. The van der Waals surface area contributed by atoms with Gasteiger partial charge in [0.15, 0.2) is 0 Å². The van der Waals surface area contributed by atoms with Gasteiger partial charge in [-0.3, -0.25) is 20.2 Å². The summed E-state index contributed by atoms with van der Waals surface area (Å²) in [6, 6.07) is 8.41. The Labute approximate surface area is 159 Å². The van der Waals surface area contributed by atoms with Gasteiger partial charge in [0.25, 0.3) is 11.8 Å². The number of carbonyl (C=O) groups is 3. The predicted molar refractivity (Wildman–Crippen MR) is 96.9 cm³/mol. The van der Waals surface area contributed by atoms with Gasteiger partial charge in [-0.2, -0.15) is 0 Å². The fourth-order valence-electron chi connectivity index (χ4n) is 2.69. The zero-order chi connectivity index (χ0) is 19.6. The maximum atomic E-state index is 13.4. The smallest absolute Gasteiger partial charge is 0.328 e. The molecule has 0 atom stereocenters. The third-order valence-electron chi connectivity index (χ3n) is 3.92. The van der Waals surface area contributed by atoms with Crippen molar-refractivity contribution in [2.75, 3.05) is 7.11 Å². The molecule has 2 N–H and O–H groups in total. The van der Waals surface area contributed by atoms with Crippen molar-refractivity contribution in [3.63, 3.8) is 0 Å². The van der Waals surface area contributed by atoms with E-state index in [4.69, 9.17) is 16.3 Å². The van der Waals surface area contributed by atoms with Crippen molar-refractivity contribution in [1.82, 2.24) is 10.6 Å². The summed E-state index contributed by atoms with van der Waals surface area (Å²) in [4.78, 5) is 34.8. The van der Waals surface area contributed by atoms with Crippen LogP contribution in [0.1, 0.15) is 16.7 Å². The van der Waals surface area contributed by atoms with E-state index in [9.17, 15) is 18.8 Å². The van der Waals surface area contributed by atoms with Crippen molar-refractivity contribution in [3.8, 4) is 5.75 Å². The van der Waals surface area contributed by atoms with E-state index in [1.165, 1.54) is 25.3 Å². The highest BCUT2D eigenvalue weighted by Crippen LogP contribution is 2.32. The zero-order valence-corrected chi connectivity index (χ0v) is 14.9. The Morgan fingerprint density at radius 3 is 2.44 bits per heavy atom. The molecular formula is C19H14ClFN2O4. The van der Waals surface area contributed by atoms with E-state index < -0.39 is 17.8 Å². The lowest BCUT2D eigenvalue weighted by molar-refractivity contribution is -0.123. The molecule has 2 aromatic rings. The van der Waals surface area contributed by atoms with Crippen molar-refractivity contribution in [1.29, 1.82) is 0 Å². The molecule has 0 saturated carbocycles. The molecule has 0 aromatic heterocycles. The standard InChI is InChI=1S/C19H14ClFN2O4/c1-27-16-9-11(7-14-17(24)22-19(26)23-18(14)25)8-15(20)13(16)6-10-3-2-4-12(21)5-10/h2-5,7-9H,6H2,1H3,(H2,22,23,24,25,26). The molecule has 0 spiro atoms. The number of ether oxygens (including phenoxy) is 1. The lowest BCUT2D eigenvalue weighted by atomic mass is 10.0. The van der Waals surface area contributed by atoms with Crippen molar-refractivity contribution in [2.45, 2.75) is 6.42 Å². The third-order valence-corrected chi connectivity index (χ3v) is 4.26. The number of hydrogen-bond acceptors (Lipinski definition) is 4. The molecule has 1 fully saturated rings. The van der Waals surface area contributed by atoms with Crippen LogP contribution >= 0.6 is 11.6 Å². The third kappa shape index (κ3) is 4.15. The van der Waals surface area contributed by atoms with Gasteiger partial charge in [0.1, 0.15) is 17.1 Å². The van der Waals surface area contributed by atoms with Crippen LogP contribution in [0.15, 0.2) is 42.0 Å². The lowest BCUT2D eigenvalue weighted by Crippen LogP contribution is -2.51. The highest BCUT2D eigenvalue weighted by Gasteiger charge is 2.27. The first-order valence-electron chi connectivity index (χ1n) is 7.86. The number of methoxy groups -OCH3 is 1. The van der Waals surface area contributed by atoms with E-state index in [2.05, 4.69) is 0 Å². The molecule has 27 heavy (non-hydrogen) atoms. The molecule has 1 heterocycles. The first kappa shape index (κ1) is 18.6. The summed E-state index contributed by atoms with van der Waals surface area (Å²) in [5.41, 5.74) is 1.56. The number of halogens is 2. The van der Waals surface area contributed by atoms with E-state index in [0.29, 0.717) is 33.9 Å². The summed E-state index contributed by atoms with van der Waals surface area (Å²) in [5.74, 6) is -1.54. The highest BCUT2D eigenvalue weighted by atomic mass is 35.5. The number of nitrogens with one attached hydrogen (secondary N) is 2. The van der Waals surface area contributed by atoms with Gasteiger partial charge in [0, 0.05) is 17.0 Å². The van der Waals surface area contributed by atoms with Crippen LogP contribution in [0.3, 0.4) is 0 Å². The van der Waals surface area contributed by atoms with E-state index >= 15 is 0 Å². The molecular weight excluding hydrogens is 375 g/mol. The number of amides is 4. The van der Waals surface area contributed by atoms with Gasteiger partial charge in [-0.25, -0.2) is 9.18 Å².